The molecule has 4 heterocycles. The molecule has 2 aliphatic carbocycles. The second kappa shape index (κ2) is 14.5. The van der Waals surface area contributed by atoms with Crippen molar-refractivity contribution in [2.45, 2.75) is 154 Å². The van der Waals surface area contributed by atoms with E-state index in [2.05, 4.69) is 232 Å². The van der Waals surface area contributed by atoms with Gasteiger partial charge in [0.25, 0.3) is 0 Å². The van der Waals surface area contributed by atoms with Crippen molar-refractivity contribution in [2.24, 2.45) is 0 Å². The average molecular weight is 933 g/mol. The number of nitrogens with zero attached hydrogens (tertiary/aromatic N) is 2. The molecule has 1 saturated carbocycles. The Morgan fingerprint density at radius 1 is 0.486 bits per heavy atom. The lowest BCUT2D eigenvalue weighted by atomic mass is 9.42. The zero-order valence-electron chi connectivity index (χ0n) is 43.7. The van der Waals surface area contributed by atoms with Crippen molar-refractivity contribution >= 4 is 72.0 Å². The zero-order chi connectivity index (χ0) is 48.7. The van der Waals surface area contributed by atoms with Gasteiger partial charge in [0.15, 0.2) is 0 Å². The summed E-state index contributed by atoms with van der Waals surface area (Å²) in [6.45, 7) is 29.6. The van der Waals surface area contributed by atoms with Gasteiger partial charge in [0.2, 0.25) is 0 Å². The summed E-state index contributed by atoms with van der Waals surface area (Å²) in [6, 6.07) is 50.6. The summed E-state index contributed by atoms with van der Waals surface area (Å²) in [5.74, 6) is 0. The van der Waals surface area contributed by atoms with E-state index < -0.39 is 0 Å². The fourth-order valence-electron chi connectivity index (χ4n) is 14.3. The maximum absolute atomic E-state index is 3.05. The number of benzene rings is 7. The smallest absolute Gasteiger partial charge is 0.330 e. The number of fused-ring (bicyclic) bond motifs is 12. The van der Waals surface area contributed by atoms with E-state index in [0.717, 1.165) is 0 Å². The largest absolute Gasteiger partial charge is 0.400 e. The molecule has 3 aliphatic heterocycles. The summed E-state index contributed by atoms with van der Waals surface area (Å²) in [6.07, 6.45) is 7.32. The highest BCUT2D eigenvalue weighted by Crippen LogP contribution is 2.64. The summed E-state index contributed by atoms with van der Waals surface area (Å²) in [4.78, 5) is 5.78. The van der Waals surface area contributed by atoms with Crippen molar-refractivity contribution in [3.05, 3.63) is 155 Å². The summed E-state index contributed by atoms with van der Waals surface area (Å²) >= 11 is 2.07. The highest BCUT2D eigenvalue weighted by molar-refractivity contribution is 7.27. The lowest BCUT2D eigenvalue weighted by molar-refractivity contribution is 0.199. The van der Waals surface area contributed by atoms with Gasteiger partial charge in [-0.25, -0.2) is 0 Å². The quantitative estimate of drug-likeness (QED) is 0.163. The topological polar surface area (TPSA) is 6.48 Å². The molecule has 0 amide bonds. The summed E-state index contributed by atoms with van der Waals surface area (Å²) in [5.41, 5.74) is 23.7. The number of hydrogen-bond acceptors (Lipinski definition) is 3. The predicted octanol–water partition coefficient (Wildman–Crippen LogP) is 17.3. The Morgan fingerprint density at radius 2 is 1.11 bits per heavy atom. The lowest BCUT2D eigenvalue weighted by Crippen LogP contribution is -2.70. The molecule has 5 aliphatic rings. The second-order valence-corrected chi connectivity index (χ2v) is 27.0. The molecule has 0 N–H and O–H groups in total. The van der Waals surface area contributed by atoms with Crippen LogP contribution in [0.1, 0.15) is 149 Å². The van der Waals surface area contributed by atoms with Crippen LogP contribution < -0.4 is 20.6 Å². The van der Waals surface area contributed by atoms with E-state index in [0.29, 0.717) is 0 Å². The van der Waals surface area contributed by atoms with E-state index >= 15 is 0 Å². The Labute approximate surface area is 422 Å². The van der Waals surface area contributed by atoms with Crippen molar-refractivity contribution in [1.29, 1.82) is 0 Å². The van der Waals surface area contributed by atoms with Crippen molar-refractivity contribution < 1.29 is 0 Å². The van der Waals surface area contributed by atoms with E-state index in [1.807, 2.05) is 0 Å². The van der Waals surface area contributed by atoms with E-state index in [1.54, 1.807) is 16.7 Å². The van der Waals surface area contributed by atoms with Gasteiger partial charge >= 0.3 is 6.85 Å². The highest BCUT2D eigenvalue weighted by atomic mass is 32.1. The number of hydrogen-bond donors (Lipinski definition) is 0. The molecule has 0 spiro atoms. The van der Waals surface area contributed by atoms with Crippen LogP contribution in [-0.4, -0.2) is 12.4 Å². The highest BCUT2D eigenvalue weighted by Gasteiger charge is 2.63. The number of anilines is 4. The van der Waals surface area contributed by atoms with E-state index in [-0.39, 0.29) is 39.5 Å². The van der Waals surface area contributed by atoms with Crippen LogP contribution in [0.25, 0.3) is 53.6 Å². The van der Waals surface area contributed by atoms with Crippen LogP contribution in [-0.2, 0) is 27.1 Å². The van der Waals surface area contributed by atoms with Crippen LogP contribution >= 0.6 is 11.3 Å². The molecule has 0 radical (unpaired) electrons. The first kappa shape index (κ1) is 44.4. The Kier molecular flexibility index (Phi) is 9.21. The SMILES string of the molecule is CC(C)(C)c1ccc(N2c3cc(-c4ccccc4)cc4c3B(c3c2ccc2c3sc3cc5c(cc32)C(C)(C)CCC5(C)C)N2c3c-4cc(C(C)(C)C)cc3C3(C)CCCCC23C)c(-c2ccccc2)c1. The Bertz CT molecular complexity index is 3510. The summed E-state index contributed by atoms with van der Waals surface area (Å²) < 4.78 is 2.87. The van der Waals surface area contributed by atoms with Gasteiger partial charge in [0.05, 0.1) is 5.69 Å². The molecule has 352 valence electrons. The predicted molar refractivity (Wildman–Crippen MR) is 305 cm³/mol. The molecule has 2 unspecified atom stereocenters. The standard InChI is InChI=1S/C66H69BN2S/c1-61(2,3)43-25-27-53(46(35-43)41-23-17-14-18-24-41)68-54-28-26-45-47-38-50-51(64(9,10)32-31-63(50,7)8)39-56(47)70-60(45)58(54)67-57-48(33-42(34-55(57)68)40-21-15-13-16-22-40)49-36-44(62(4,5)6)37-52-59(49)69(67)66(12)30-20-19-29-65(52,66)11/h13-18,21-28,33-39H,19-20,29-32H2,1-12H3. The third-order valence-electron chi connectivity index (χ3n) is 18.8. The summed E-state index contributed by atoms with van der Waals surface area (Å²) in [5, 5.41) is 2.83. The Morgan fingerprint density at radius 3 is 1.80 bits per heavy atom. The monoisotopic (exact) mass is 933 g/mol. The third kappa shape index (κ3) is 6.04. The van der Waals surface area contributed by atoms with E-state index in [9.17, 15) is 0 Å². The van der Waals surface area contributed by atoms with Crippen LogP contribution in [0.4, 0.5) is 22.7 Å². The maximum Gasteiger partial charge on any atom is 0.330 e. The van der Waals surface area contributed by atoms with Crippen LogP contribution in [0.2, 0.25) is 0 Å². The van der Waals surface area contributed by atoms with Gasteiger partial charge < -0.3 is 9.71 Å². The minimum absolute atomic E-state index is 0.00803. The molecule has 0 bridgehead atoms. The zero-order valence-corrected chi connectivity index (χ0v) is 44.6. The molecule has 0 saturated heterocycles. The minimum atomic E-state index is -0.0917. The molecular weight excluding hydrogens is 864 g/mol. The van der Waals surface area contributed by atoms with Gasteiger partial charge in [-0.2, -0.15) is 0 Å². The second-order valence-electron chi connectivity index (χ2n) is 25.9. The Hall–Kier alpha value is -5.58. The van der Waals surface area contributed by atoms with Crippen LogP contribution in [0.5, 0.6) is 0 Å². The van der Waals surface area contributed by atoms with Gasteiger partial charge in [0.1, 0.15) is 0 Å². The molecule has 1 fully saturated rings. The molecule has 7 aromatic carbocycles. The van der Waals surface area contributed by atoms with Crippen LogP contribution in [0.15, 0.2) is 127 Å². The normalized spacial score (nSPS) is 21.6. The third-order valence-corrected chi connectivity index (χ3v) is 20.0. The minimum Gasteiger partial charge on any atom is -0.400 e. The van der Waals surface area contributed by atoms with Gasteiger partial charge in [-0.1, -0.05) is 168 Å². The molecular formula is C66H69BN2S. The molecule has 8 aromatic rings. The lowest BCUT2D eigenvalue weighted by Gasteiger charge is -2.55. The molecule has 2 atom stereocenters. The van der Waals surface area contributed by atoms with Crippen molar-refractivity contribution in [2.75, 3.05) is 9.71 Å². The molecule has 1 aromatic heterocycles. The maximum atomic E-state index is 3.05. The van der Waals surface area contributed by atoms with Crippen molar-refractivity contribution in [1.82, 2.24) is 0 Å². The fourth-order valence-corrected chi connectivity index (χ4v) is 15.5. The fraction of sp³-hybridized carbons (Fsp3) is 0.364. The van der Waals surface area contributed by atoms with Crippen molar-refractivity contribution in [3.8, 4) is 33.4 Å². The first-order chi connectivity index (χ1) is 33.2. The van der Waals surface area contributed by atoms with Gasteiger partial charge in [-0.05, 0) is 164 Å². The average Bonchev–Trinajstić information content (AvgIpc) is 3.80. The number of rotatable bonds is 3. The summed E-state index contributed by atoms with van der Waals surface area (Å²) in [7, 11) is 0. The molecule has 4 heteroatoms. The van der Waals surface area contributed by atoms with Crippen LogP contribution in [0, 0.1) is 0 Å². The molecule has 2 nitrogen and oxygen atoms in total. The first-order valence-corrected chi connectivity index (χ1v) is 27.3. The van der Waals surface area contributed by atoms with E-state index in [4.69, 9.17) is 0 Å². The van der Waals surface area contributed by atoms with Gasteiger partial charge in [-0.15, -0.1) is 11.3 Å². The Balaban J connectivity index is 1.21. The first-order valence-electron chi connectivity index (χ1n) is 26.5. The van der Waals surface area contributed by atoms with Crippen LogP contribution in [0.3, 0.4) is 0 Å². The molecule has 13 rings (SSSR count). The number of thiophene rings is 1. The van der Waals surface area contributed by atoms with Crippen molar-refractivity contribution in [3.63, 3.8) is 0 Å². The van der Waals surface area contributed by atoms with Gasteiger partial charge in [0, 0.05) is 59.3 Å². The van der Waals surface area contributed by atoms with E-state index in [1.165, 1.54) is 137 Å². The molecule has 70 heavy (non-hydrogen) atoms. The van der Waals surface area contributed by atoms with Gasteiger partial charge in [-0.3, -0.25) is 0 Å².